The van der Waals surface area contributed by atoms with Gasteiger partial charge in [0.15, 0.2) is 0 Å². The molecular formula is C17H20O. The minimum Gasteiger partial charge on any atom is -0.508 e. The Bertz CT molecular complexity index is 556. The van der Waals surface area contributed by atoms with Crippen molar-refractivity contribution in [2.45, 2.75) is 33.6 Å². The summed E-state index contributed by atoms with van der Waals surface area (Å²) in [6, 6.07) is 12.2. The summed E-state index contributed by atoms with van der Waals surface area (Å²) in [4.78, 5) is 0. The first-order valence-corrected chi connectivity index (χ1v) is 6.37. The van der Waals surface area contributed by atoms with Crippen LogP contribution in [-0.2, 0) is 0 Å². The number of aryl methyl sites for hydroxylation is 1. The standard InChI is InChI=1S/C17H20O/c1-11-10-16(18)17(13(3)12(11)2)14(4)15-8-6-5-7-9-15/h5-10,14,18H,1-4H3. The summed E-state index contributed by atoms with van der Waals surface area (Å²) < 4.78 is 0. The fourth-order valence-corrected chi connectivity index (χ4v) is 2.54. The summed E-state index contributed by atoms with van der Waals surface area (Å²) in [6.07, 6.45) is 0. The molecule has 2 rings (SSSR count). The second-order valence-electron chi connectivity index (χ2n) is 5.01. The molecule has 0 radical (unpaired) electrons. The highest BCUT2D eigenvalue weighted by Gasteiger charge is 2.17. The van der Waals surface area contributed by atoms with E-state index >= 15 is 0 Å². The Morgan fingerprint density at radius 1 is 0.944 bits per heavy atom. The number of hydrogen-bond donors (Lipinski definition) is 1. The van der Waals surface area contributed by atoms with Crippen LogP contribution in [0.15, 0.2) is 36.4 Å². The first-order chi connectivity index (χ1) is 8.52. The third-order valence-electron chi connectivity index (χ3n) is 3.92. The summed E-state index contributed by atoms with van der Waals surface area (Å²) >= 11 is 0. The van der Waals surface area contributed by atoms with E-state index in [1.165, 1.54) is 16.7 Å². The van der Waals surface area contributed by atoms with Crippen LogP contribution in [0, 0.1) is 20.8 Å². The van der Waals surface area contributed by atoms with E-state index in [1.807, 2.05) is 31.2 Å². The second kappa shape index (κ2) is 4.85. The molecule has 0 aliphatic rings. The fourth-order valence-electron chi connectivity index (χ4n) is 2.54. The normalized spacial score (nSPS) is 12.4. The van der Waals surface area contributed by atoms with E-state index < -0.39 is 0 Å². The van der Waals surface area contributed by atoms with Crippen molar-refractivity contribution in [1.82, 2.24) is 0 Å². The zero-order valence-electron chi connectivity index (χ0n) is 11.5. The third-order valence-corrected chi connectivity index (χ3v) is 3.92. The summed E-state index contributed by atoms with van der Waals surface area (Å²) in [5.74, 6) is 0.623. The highest BCUT2D eigenvalue weighted by molar-refractivity contribution is 5.51. The average Bonchev–Trinajstić information content (AvgIpc) is 2.37. The van der Waals surface area contributed by atoms with Crippen LogP contribution in [0.3, 0.4) is 0 Å². The molecule has 1 heteroatoms. The molecule has 0 saturated carbocycles. The van der Waals surface area contributed by atoms with Crippen molar-refractivity contribution >= 4 is 0 Å². The minimum atomic E-state index is 0.213. The van der Waals surface area contributed by atoms with E-state index in [9.17, 15) is 5.11 Å². The lowest BCUT2D eigenvalue weighted by Crippen LogP contribution is -2.02. The van der Waals surface area contributed by atoms with E-state index in [1.54, 1.807) is 0 Å². The smallest absolute Gasteiger partial charge is 0.119 e. The molecular weight excluding hydrogens is 220 g/mol. The monoisotopic (exact) mass is 240 g/mol. The SMILES string of the molecule is Cc1cc(O)c(C(C)c2ccccc2)c(C)c1C. The van der Waals surface area contributed by atoms with Crippen molar-refractivity contribution in [3.63, 3.8) is 0 Å². The largest absolute Gasteiger partial charge is 0.508 e. The van der Waals surface area contributed by atoms with Crippen LogP contribution in [0.1, 0.15) is 40.7 Å². The van der Waals surface area contributed by atoms with Gasteiger partial charge in [0.2, 0.25) is 0 Å². The molecule has 1 unspecified atom stereocenters. The van der Waals surface area contributed by atoms with Gasteiger partial charge >= 0.3 is 0 Å². The molecule has 0 saturated heterocycles. The number of rotatable bonds is 2. The fraction of sp³-hybridized carbons (Fsp3) is 0.294. The Morgan fingerprint density at radius 2 is 1.56 bits per heavy atom. The molecule has 1 N–H and O–H groups in total. The molecule has 2 aromatic rings. The highest BCUT2D eigenvalue weighted by atomic mass is 16.3. The molecule has 0 spiro atoms. The predicted molar refractivity (Wildman–Crippen MR) is 76.3 cm³/mol. The van der Waals surface area contributed by atoms with Gasteiger partial charge in [0, 0.05) is 11.5 Å². The molecule has 0 aromatic heterocycles. The van der Waals surface area contributed by atoms with Gasteiger partial charge in [-0.05, 0) is 49.1 Å². The summed E-state index contributed by atoms with van der Waals surface area (Å²) in [7, 11) is 0. The van der Waals surface area contributed by atoms with Gasteiger partial charge in [-0.25, -0.2) is 0 Å². The van der Waals surface area contributed by atoms with E-state index in [-0.39, 0.29) is 5.92 Å². The zero-order valence-corrected chi connectivity index (χ0v) is 11.5. The van der Waals surface area contributed by atoms with Crippen LogP contribution < -0.4 is 0 Å². The maximum absolute atomic E-state index is 10.2. The van der Waals surface area contributed by atoms with E-state index in [2.05, 4.69) is 32.9 Å². The maximum atomic E-state index is 10.2. The summed E-state index contributed by atoms with van der Waals surface area (Å²) in [5, 5.41) is 10.2. The van der Waals surface area contributed by atoms with Crippen molar-refractivity contribution < 1.29 is 5.11 Å². The second-order valence-corrected chi connectivity index (χ2v) is 5.01. The van der Waals surface area contributed by atoms with Gasteiger partial charge in [-0.2, -0.15) is 0 Å². The first kappa shape index (κ1) is 12.7. The molecule has 94 valence electrons. The molecule has 0 fully saturated rings. The zero-order chi connectivity index (χ0) is 13.3. The predicted octanol–water partition coefficient (Wildman–Crippen LogP) is 4.47. The number of phenols is 1. The number of phenolic OH excluding ortho intramolecular Hbond substituents is 1. The quantitative estimate of drug-likeness (QED) is 0.821. The van der Waals surface area contributed by atoms with Crippen molar-refractivity contribution in [3.8, 4) is 5.75 Å². The molecule has 0 bridgehead atoms. The van der Waals surface area contributed by atoms with Gasteiger partial charge in [-0.1, -0.05) is 37.3 Å². The molecule has 0 aliphatic carbocycles. The van der Waals surface area contributed by atoms with Gasteiger partial charge < -0.3 is 5.11 Å². The minimum absolute atomic E-state index is 0.213. The molecule has 1 atom stereocenters. The van der Waals surface area contributed by atoms with Crippen LogP contribution in [-0.4, -0.2) is 5.11 Å². The third kappa shape index (κ3) is 2.13. The lowest BCUT2D eigenvalue weighted by Gasteiger charge is -2.19. The van der Waals surface area contributed by atoms with E-state index in [0.717, 1.165) is 11.1 Å². The highest BCUT2D eigenvalue weighted by Crippen LogP contribution is 2.36. The Hall–Kier alpha value is -1.76. The summed E-state index contributed by atoms with van der Waals surface area (Å²) in [6.45, 7) is 8.40. The molecule has 18 heavy (non-hydrogen) atoms. The average molecular weight is 240 g/mol. The maximum Gasteiger partial charge on any atom is 0.119 e. The molecule has 1 nitrogen and oxygen atoms in total. The van der Waals surface area contributed by atoms with Crippen LogP contribution >= 0.6 is 0 Å². The van der Waals surface area contributed by atoms with Crippen molar-refractivity contribution in [3.05, 3.63) is 64.2 Å². The van der Waals surface area contributed by atoms with Gasteiger partial charge in [0.05, 0.1) is 0 Å². The van der Waals surface area contributed by atoms with E-state index in [4.69, 9.17) is 0 Å². The molecule has 2 aromatic carbocycles. The number of aromatic hydroxyl groups is 1. The lowest BCUT2D eigenvalue weighted by atomic mass is 9.86. The van der Waals surface area contributed by atoms with Crippen LogP contribution in [0.4, 0.5) is 0 Å². The topological polar surface area (TPSA) is 20.2 Å². The lowest BCUT2D eigenvalue weighted by molar-refractivity contribution is 0.464. The Balaban J connectivity index is 2.55. The Kier molecular flexibility index (Phi) is 3.42. The Morgan fingerprint density at radius 3 is 2.17 bits per heavy atom. The Labute approximate surface area is 109 Å². The number of benzene rings is 2. The molecule has 0 heterocycles. The van der Waals surface area contributed by atoms with Crippen LogP contribution in [0.2, 0.25) is 0 Å². The van der Waals surface area contributed by atoms with Gasteiger partial charge in [-0.15, -0.1) is 0 Å². The van der Waals surface area contributed by atoms with Gasteiger partial charge in [-0.3, -0.25) is 0 Å². The van der Waals surface area contributed by atoms with Crippen LogP contribution in [0.25, 0.3) is 0 Å². The van der Waals surface area contributed by atoms with E-state index in [0.29, 0.717) is 5.75 Å². The molecule has 0 amide bonds. The molecule has 0 aliphatic heterocycles. The van der Waals surface area contributed by atoms with Crippen molar-refractivity contribution in [1.29, 1.82) is 0 Å². The van der Waals surface area contributed by atoms with Crippen molar-refractivity contribution in [2.75, 3.05) is 0 Å². The van der Waals surface area contributed by atoms with Crippen molar-refractivity contribution in [2.24, 2.45) is 0 Å². The van der Waals surface area contributed by atoms with Crippen LogP contribution in [0.5, 0.6) is 5.75 Å². The van der Waals surface area contributed by atoms with Gasteiger partial charge in [0.1, 0.15) is 5.75 Å². The first-order valence-electron chi connectivity index (χ1n) is 6.37. The number of hydrogen-bond acceptors (Lipinski definition) is 1. The summed E-state index contributed by atoms with van der Waals surface area (Å²) in [5.41, 5.74) is 5.90. The van der Waals surface area contributed by atoms with Gasteiger partial charge in [0.25, 0.3) is 0 Å².